The van der Waals surface area contributed by atoms with Gasteiger partial charge in [-0.3, -0.25) is 14.6 Å². The van der Waals surface area contributed by atoms with Gasteiger partial charge in [0.1, 0.15) is 17.3 Å². The van der Waals surface area contributed by atoms with Crippen molar-refractivity contribution in [3.8, 4) is 23.2 Å². The highest BCUT2D eigenvalue weighted by molar-refractivity contribution is 5.94. The fourth-order valence-corrected chi connectivity index (χ4v) is 3.57. The topological polar surface area (TPSA) is 177 Å². The molecular weight excluding hydrogens is 452 g/mol. The number of nitrogens with zero attached hydrogens (tertiary/aromatic N) is 9. The number of tetrazole rings is 1. The number of hydrogen-bond donors (Lipinski definition) is 3. The Morgan fingerprint density at radius 1 is 1.11 bits per heavy atom. The third-order valence-electron chi connectivity index (χ3n) is 5.09. The molecule has 0 aliphatic carbocycles. The van der Waals surface area contributed by atoms with Gasteiger partial charge in [0.25, 0.3) is 5.56 Å². The second-order valence-electron chi connectivity index (χ2n) is 7.43. The van der Waals surface area contributed by atoms with Crippen LogP contribution in [0.5, 0.6) is 5.75 Å². The largest absolute Gasteiger partial charge is 0.494 e. The molecule has 0 spiro atoms. The average Bonchev–Trinajstić information content (AvgIpc) is 3.41. The van der Waals surface area contributed by atoms with E-state index in [2.05, 4.69) is 46.3 Å². The lowest BCUT2D eigenvalue weighted by atomic mass is 10.1. The van der Waals surface area contributed by atoms with Gasteiger partial charge in [0, 0.05) is 19.2 Å². The number of hydrogen-bond acceptors (Lipinski definition) is 11. The first kappa shape index (κ1) is 21.5. The molecule has 0 aliphatic heterocycles. The molecule has 0 fully saturated rings. The zero-order chi connectivity index (χ0) is 24.5. The van der Waals surface area contributed by atoms with Crippen LogP contribution in [-0.2, 0) is 14.1 Å². The Labute approximate surface area is 197 Å². The predicted molar refractivity (Wildman–Crippen MR) is 125 cm³/mol. The van der Waals surface area contributed by atoms with Crippen LogP contribution in [0, 0.1) is 11.3 Å². The number of aromatic amines is 1. The van der Waals surface area contributed by atoms with E-state index >= 15 is 0 Å². The molecule has 174 valence electrons. The van der Waals surface area contributed by atoms with Gasteiger partial charge in [0.2, 0.25) is 5.82 Å². The summed E-state index contributed by atoms with van der Waals surface area (Å²) in [6.07, 6.45) is 1.36. The SMILES string of the molecule is COc1c(Nc2cc(Nc3cc(C#N)cnn3)nc3[nH]n(C)c(=O)c23)cccc1-c1nnn(C)n1. The van der Waals surface area contributed by atoms with Gasteiger partial charge in [0.05, 0.1) is 42.9 Å². The third kappa shape index (κ3) is 3.97. The molecule has 0 bridgehead atoms. The van der Waals surface area contributed by atoms with Crippen molar-refractivity contribution in [2.75, 3.05) is 17.7 Å². The number of aryl methyl sites for hydroxylation is 2. The van der Waals surface area contributed by atoms with Crippen molar-refractivity contribution in [3.63, 3.8) is 0 Å². The van der Waals surface area contributed by atoms with Gasteiger partial charge < -0.3 is 15.4 Å². The van der Waals surface area contributed by atoms with E-state index in [4.69, 9.17) is 10.00 Å². The summed E-state index contributed by atoms with van der Waals surface area (Å²) >= 11 is 0. The smallest absolute Gasteiger partial charge is 0.277 e. The van der Waals surface area contributed by atoms with E-state index < -0.39 is 0 Å². The molecule has 3 N–H and O–H groups in total. The maximum atomic E-state index is 12.8. The summed E-state index contributed by atoms with van der Waals surface area (Å²) in [4.78, 5) is 18.7. The lowest BCUT2D eigenvalue weighted by molar-refractivity contribution is 0.418. The minimum atomic E-state index is -0.265. The number of fused-ring (bicyclic) bond motifs is 1. The van der Waals surface area contributed by atoms with Crippen molar-refractivity contribution in [1.29, 1.82) is 5.26 Å². The predicted octanol–water partition coefficient (Wildman–Crippen LogP) is 1.61. The van der Waals surface area contributed by atoms with E-state index in [0.717, 1.165) is 0 Å². The van der Waals surface area contributed by atoms with E-state index in [1.54, 1.807) is 32.3 Å². The van der Waals surface area contributed by atoms with Crippen molar-refractivity contribution in [3.05, 3.63) is 52.4 Å². The van der Waals surface area contributed by atoms with Crippen LogP contribution in [0.4, 0.5) is 23.0 Å². The molecule has 5 rings (SSSR count). The number of methoxy groups -OCH3 is 1. The highest BCUT2D eigenvalue weighted by Gasteiger charge is 2.19. The van der Waals surface area contributed by atoms with Crippen LogP contribution in [-0.4, -0.2) is 52.3 Å². The Balaban J connectivity index is 1.61. The Morgan fingerprint density at radius 3 is 2.71 bits per heavy atom. The Hall–Kier alpha value is -5.32. The molecule has 14 nitrogen and oxygen atoms in total. The molecular formula is C21H18N12O2. The van der Waals surface area contributed by atoms with Gasteiger partial charge in [0.15, 0.2) is 17.2 Å². The zero-order valence-corrected chi connectivity index (χ0v) is 18.8. The number of para-hydroxylation sites is 1. The summed E-state index contributed by atoms with van der Waals surface area (Å²) in [6.45, 7) is 0. The van der Waals surface area contributed by atoms with Crippen molar-refractivity contribution >= 4 is 34.0 Å². The molecule has 5 aromatic rings. The lowest BCUT2D eigenvalue weighted by Crippen LogP contribution is -2.12. The molecule has 35 heavy (non-hydrogen) atoms. The summed E-state index contributed by atoms with van der Waals surface area (Å²) < 4.78 is 6.99. The monoisotopic (exact) mass is 470 g/mol. The summed E-state index contributed by atoms with van der Waals surface area (Å²) in [5, 5.41) is 38.7. The molecule has 0 aliphatic rings. The lowest BCUT2D eigenvalue weighted by Gasteiger charge is -2.15. The number of rotatable bonds is 6. The van der Waals surface area contributed by atoms with Crippen molar-refractivity contribution in [2.24, 2.45) is 14.1 Å². The number of ether oxygens (including phenoxy) is 1. The van der Waals surface area contributed by atoms with Gasteiger partial charge >= 0.3 is 0 Å². The minimum absolute atomic E-state index is 0.265. The maximum Gasteiger partial charge on any atom is 0.277 e. The maximum absolute atomic E-state index is 12.8. The summed E-state index contributed by atoms with van der Waals surface area (Å²) in [5.41, 5.74) is 2.09. The van der Waals surface area contributed by atoms with Gasteiger partial charge in [-0.05, 0) is 17.3 Å². The standard InChI is InChI=1S/C21H18N12O2/c1-32-21(34)17-14(8-15(26-20(17)29-32)25-16-7-11(9-22)10-23-27-16)24-13-6-4-5-12(18(13)35-3)19-28-31-33(2)30-19/h4-8,10H,1-3H3,(H3,24,25,26,27,29). The van der Waals surface area contributed by atoms with E-state index in [1.807, 2.05) is 18.2 Å². The van der Waals surface area contributed by atoms with E-state index in [1.165, 1.54) is 22.8 Å². The van der Waals surface area contributed by atoms with Crippen LogP contribution in [0.15, 0.2) is 41.3 Å². The fraction of sp³-hybridized carbons (Fsp3) is 0.143. The molecule has 1 aromatic carbocycles. The highest BCUT2D eigenvalue weighted by Crippen LogP contribution is 2.37. The Kier molecular flexibility index (Phi) is 5.26. The van der Waals surface area contributed by atoms with Gasteiger partial charge in [-0.25, -0.2) is 4.98 Å². The van der Waals surface area contributed by atoms with Crippen LogP contribution in [0.2, 0.25) is 0 Å². The molecule has 0 radical (unpaired) electrons. The highest BCUT2D eigenvalue weighted by atomic mass is 16.5. The molecule has 0 unspecified atom stereocenters. The first-order valence-corrected chi connectivity index (χ1v) is 10.2. The first-order chi connectivity index (χ1) is 17.0. The number of anilines is 4. The van der Waals surface area contributed by atoms with Crippen LogP contribution in [0.3, 0.4) is 0 Å². The van der Waals surface area contributed by atoms with Crippen LogP contribution in [0.25, 0.3) is 22.4 Å². The Morgan fingerprint density at radius 2 is 1.97 bits per heavy atom. The zero-order valence-electron chi connectivity index (χ0n) is 18.8. The molecule has 4 aromatic heterocycles. The molecule has 14 heteroatoms. The fourth-order valence-electron chi connectivity index (χ4n) is 3.57. The van der Waals surface area contributed by atoms with Crippen molar-refractivity contribution < 1.29 is 4.74 Å². The Bertz CT molecular complexity index is 1660. The number of pyridine rings is 1. The second kappa shape index (κ2) is 8.56. The molecule has 0 saturated carbocycles. The van der Waals surface area contributed by atoms with Gasteiger partial charge in [-0.15, -0.1) is 15.3 Å². The van der Waals surface area contributed by atoms with Crippen LogP contribution in [0.1, 0.15) is 5.56 Å². The molecule has 0 amide bonds. The third-order valence-corrected chi connectivity index (χ3v) is 5.09. The normalized spacial score (nSPS) is 10.8. The number of H-pyrrole nitrogens is 1. The van der Waals surface area contributed by atoms with E-state index in [9.17, 15) is 4.79 Å². The van der Waals surface area contributed by atoms with Gasteiger partial charge in [-0.1, -0.05) is 6.07 Å². The second-order valence-corrected chi connectivity index (χ2v) is 7.43. The van der Waals surface area contributed by atoms with Crippen molar-refractivity contribution in [1.82, 2.24) is 45.2 Å². The van der Waals surface area contributed by atoms with Gasteiger partial charge in [-0.2, -0.15) is 15.2 Å². The van der Waals surface area contributed by atoms with E-state index in [0.29, 0.717) is 56.7 Å². The summed E-state index contributed by atoms with van der Waals surface area (Å²) in [7, 11) is 4.81. The van der Waals surface area contributed by atoms with E-state index in [-0.39, 0.29) is 5.56 Å². The summed E-state index contributed by atoms with van der Waals surface area (Å²) in [5.74, 6) is 1.56. The molecule has 0 atom stereocenters. The van der Waals surface area contributed by atoms with Crippen LogP contribution < -0.4 is 20.9 Å². The number of nitriles is 1. The number of nitrogens with one attached hydrogen (secondary N) is 3. The summed E-state index contributed by atoms with van der Waals surface area (Å²) in [6, 6.07) is 10.6. The van der Waals surface area contributed by atoms with Crippen LogP contribution >= 0.6 is 0 Å². The molecule has 4 heterocycles. The van der Waals surface area contributed by atoms with Crippen molar-refractivity contribution in [2.45, 2.75) is 0 Å². The first-order valence-electron chi connectivity index (χ1n) is 10.2. The quantitative estimate of drug-likeness (QED) is 0.328. The number of aromatic nitrogens is 9. The average molecular weight is 470 g/mol. The number of benzene rings is 1. The molecule has 0 saturated heterocycles. The minimum Gasteiger partial charge on any atom is -0.494 e.